The van der Waals surface area contributed by atoms with E-state index in [4.69, 9.17) is 11.6 Å². The van der Waals surface area contributed by atoms with Crippen LogP contribution in [0.3, 0.4) is 0 Å². The van der Waals surface area contributed by atoms with Gasteiger partial charge in [0, 0.05) is 12.6 Å². The summed E-state index contributed by atoms with van der Waals surface area (Å²) in [6.45, 7) is 2.94. The minimum Gasteiger partial charge on any atom is -0.339 e. The molecule has 29 heavy (non-hydrogen) atoms. The van der Waals surface area contributed by atoms with Crippen LogP contribution < -0.4 is 5.56 Å². The number of fused-ring (bicyclic) bond motifs is 1. The van der Waals surface area contributed by atoms with Gasteiger partial charge in [0.25, 0.3) is 5.56 Å². The van der Waals surface area contributed by atoms with Gasteiger partial charge in [0.15, 0.2) is 5.16 Å². The molecule has 0 bridgehead atoms. The van der Waals surface area contributed by atoms with E-state index in [-0.39, 0.29) is 17.2 Å². The van der Waals surface area contributed by atoms with Crippen molar-refractivity contribution >= 4 is 50.8 Å². The van der Waals surface area contributed by atoms with Crippen molar-refractivity contribution in [2.45, 2.75) is 43.8 Å². The number of carbonyl (C=O) groups excluding carboxylic acids is 1. The quantitative estimate of drug-likeness (QED) is 0.408. The summed E-state index contributed by atoms with van der Waals surface area (Å²) < 4.78 is 2.12. The Kier molecular flexibility index (Phi) is 6.27. The molecule has 4 rings (SSSR count). The van der Waals surface area contributed by atoms with Crippen LogP contribution >= 0.6 is 34.7 Å². The van der Waals surface area contributed by atoms with Gasteiger partial charge in [-0.2, -0.15) is 0 Å². The average molecular weight is 448 g/mol. The largest absolute Gasteiger partial charge is 0.339 e. The average Bonchev–Trinajstić information content (AvgIpc) is 3.22. The Morgan fingerprint density at radius 3 is 2.93 bits per heavy atom. The molecule has 0 saturated carbocycles. The van der Waals surface area contributed by atoms with Gasteiger partial charge in [-0.05, 0) is 49.3 Å². The topological polar surface area (TPSA) is 55.2 Å². The third kappa shape index (κ3) is 4.09. The number of para-hydroxylation sites is 1. The second-order valence-corrected chi connectivity index (χ2v) is 9.32. The van der Waals surface area contributed by atoms with E-state index in [1.54, 1.807) is 12.1 Å². The molecule has 3 heterocycles. The first-order valence-corrected chi connectivity index (χ1v) is 12.0. The van der Waals surface area contributed by atoms with E-state index >= 15 is 0 Å². The summed E-state index contributed by atoms with van der Waals surface area (Å²) in [5, 5.41) is 2.82. The minimum absolute atomic E-state index is 0.104. The van der Waals surface area contributed by atoms with Gasteiger partial charge >= 0.3 is 0 Å². The van der Waals surface area contributed by atoms with Crippen LogP contribution in [0.25, 0.3) is 15.9 Å². The lowest BCUT2D eigenvalue weighted by Crippen LogP contribution is -2.44. The van der Waals surface area contributed by atoms with Crippen LogP contribution in [-0.4, -0.2) is 38.7 Å². The van der Waals surface area contributed by atoms with E-state index in [9.17, 15) is 9.59 Å². The number of rotatable bonds is 5. The molecule has 0 N–H and O–H groups in total. The molecule has 1 atom stereocenters. The molecule has 1 saturated heterocycles. The van der Waals surface area contributed by atoms with Crippen LogP contribution in [0.15, 0.2) is 45.7 Å². The third-order valence-corrected chi connectivity index (χ3v) is 7.42. The predicted molar refractivity (Wildman–Crippen MR) is 121 cm³/mol. The Labute approximate surface area is 182 Å². The SMILES string of the molecule is CC[C@@H]1CCCCN1C(=O)CSc1nc2ccsc2c(=O)n1-c1ccccc1Cl. The lowest BCUT2D eigenvalue weighted by molar-refractivity contribution is -0.132. The summed E-state index contributed by atoms with van der Waals surface area (Å²) in [5.74, 6) is 0.357. The Bertz CT molecular complexity index is 1090. The zero-order chi connectivity index (χ0) is 20.4. The number of carbonyl (C=O) groups is 1. The molecule has 8 heteroatoms. The number of nitrogens with zero attached hydrogens (tertiary/aromatic N) is 3. The molecule has 1 aromatic carbocycles. The summed E-state index contributed by atoms with van der Waals surface area (Å²) in [4.78, 5) is 32.8. The number of benzene rings is 1. The molecule has 0 unspecified atom stereocenters. The highest BCUT2D eigenvalue weighted by atomic mass is 35.5. The monoisotopic (exact) mass is 447 g/mol. The second kappa shape index (κ2) is 8.90. The molecule has 1 fully saturated rings. The molecular formula is C21H22ClN3O2S2. The predicted octanol–water partition coefficient (Wildman–Crippen LogP) is 4.98. The lowest BCUT2D eigenvalue weighted by Gasteiger charge is -2.35. The van der Waals surface area contributed by atoms with Gasteiger partial charge in [-0.25, -0.2) is 4.98 Å². The van der Waals surface area contributed by atoms with Gasteiger partial charge in [-0.1, -0.05) is 42.4 Å². The first kappa shape index (κ1) is 20.4. The van der Waals surface area contributed by atoms with E-state index in [1.165, 1.54) is 34.1 Å². The summed E-state index contributed by atoms with van der Waals surface area (Å²) in [5.41, 5.74) is 1.08. The van der Waals surface area contributed by atoms with Crippen LogP contribution in [-0.2, 0) is 4.79 Å². The minimum atomic E-state index is -0.155. The molecule has 5 nitrogen and oxygen atoms in total. The van der Waals surface area contributed by atoms with Crippen LogP contribution in [0.5, 0.6) is 0 Å². The third-order valence-electron chi connectivity index (χ3n) is 5.29. The number of hydrogen-bond donors (Lipinski definition) is 0. The van der Waals surface area contributed by atoms with Gasteiger partial charge in [-0.3, -0.25) is 14.2 Å². The molecule has 1 amide bonds. The molecule has 1 aliphatic heterocycles. The fraction of sp³-hybridized carbons (Fsp3) is 0.381. The molecule has 2 aromatic heterocycles. The van der Waals surface area contributed by atoms with Crippen molar-refractivity contribution in [2.24, 2.45) is 0 Å². The molecular weight excluding hydrogens is 426 g/mol. The maximum absolute atomic E-state index is 13.2. The van der Waals surface area contributed by atoms with Crippen molar-refractivity contribution in [3.8, 4) is 5.69 Å². The highest BCUT2D eigenvalue weighted by Gasteiger charge is 2.26. The van der Waals surface area contributed by atoms with Crippen LogP contribution in [0.4, 0.5) is 0 Å². The van der Waals surface area contributed by atoms with E-state index in [1.807, 2.05) is 28.5 Å². The van der Waals surface area contributed by atoms with Gasteiger partial charge < -0.3 is 4.90 Å². The first-order valence-electron chi connectivity index (χ1n) is 9.77. The zero-order valence-electron chi connectivity index (χ0n) is 16.1. The number of hydrogen-bond acceptors (Lipinski definition) is 5. The molecule has 152 valence electrons. The molecule has 0 radical (unpaired) electrons. The number of halogens is 1. The Morgan fingerprint density at radius 2 is 2.14 bits per heavy atom. The highest BCUT2D eigenvalue weighted by molar-refractivity contribution is 7.99. The Morgan fingerprint density at radius 1 is 1.31 bits per heavy atom. The van der Waals surface area contributed by atoms with Crippen molar-refractivity contribution in [1.29, 1.82) is 0 Å². The standard InChI is InChI=1S/C21H22ClN3O2S2/c1-2-14-7-5-6-11-24(14)18(26)13-29-21-23-16-10-12-28-19(16)20(27)25(21)17-9-4-3-8-15(17)22/h3-4,8-10,12,14H,2,5-7,11,13H2,1H3/t14-/m1/s1. The fourth-order valence-electron chi connectivity index (χ4n) is 3.80. The van der Waals surface area contributed by atoms with Crippen LogP contribution in [0.2, 0.25) is 5.02 Å². The van der Waals surface area contributed by atoms with Crippen molar-refractivity contribution in [3.63, 3.8) is 0 Å². The van der Waals surface area contributed by atoms with Crippen LogP contribution in [0, 0.1) is 0 Å². The number of aromatic nitrogens is 2. The van der Waals surface area contributed by atoms with E-state index in [2.05, 4.69) is 11.9 Å². The molecule has 0 spiro atoms. The molecule has 1 aliphatic rings. The van der Waals surface area contributed by atoms with E-state index in [0.29, 0.717) is 32.1 Å². The fourth-order valence-corrected chi connectivity index (χ4v) is 5.67. The first-order chi connectivity index (χ1) is 14.1. The maximum Gasteiger partial charge on any atom is 0.276 e. The second-order valence-electron chi connectivity index (χ2n) is 7.05. The lowest BCUT2D eigenvalue weighted by atomic mass is 10.0. The Balaban J connectivity index is 1.68. The smallest absolute Gasteiger partial charge is 0.276 e. The summed E-state index contributed by atoms with van der Waals surface area (Å²) in [6, 6.07) is 9.36. The maximum atomic E-state index is 13.2. The number of thioether (sulfide) groups is 1. The van der Waals surface area contributed by atoms with E-state index in [0.717, 1.165) is 25.8 Å². The highest BCUT2D eigenvalue weighted by Crippen LogP contribution is 2.28. The van der Waals surface area contributed by atoms with Gasteiger partial charge in [-0.15, -0.1) is 11.3 Å². The number of thiophene rings is 1. The summed E-state index contributed by atoms with van der Waals surface area (Å²) in [7, 11) is 0. The van der Waals surface area contributed by atoms with Crippen molar-refractivity contribution < 1.29 is 4.79 Å². The molecule has 3 aromatic rings. The van der Waals surface area contributed by atoms with Crippen molar-refractivity contribution in [2.75, 3.05) is 12.3 Å². The number of piperidine rings is 1. The zero-order valence-corrected chi connectivity index (χ0v) is 18.5. The number of likely N-dealkylation sites (tertiary alicyclic amines) is 1. The van der Waals surface area contributed by atoms with Gasteiger partial charge in [0.2, 0.25) is 5.91 Å². The van der Waals surface area contributed by atoms with Gasteiger partial charge in [0.1, 0.15) is 4.70 Å². The van der Waals surface area contributed by atoms with E-state index < -0.39 is 0 Å². The van der Waals surface area contributed by atoms with Gasteiger partial charge in [0.05, 0.1) is 22.0 Å². The molecule has 0 aliphatic carbocycles. The Hall–Kier alpha value is -1.83. The van der Waals surface area contributed by atoms with Crippen LogP contribution in [0.1, 0.15) is 32.6 Å². The van der Waals surface area contributed by atoms with Crippen molar-refractivity contribution in [3.05, 3.63) is 51.1 Å². The number of amides is 1. The van der Waals surface area contributed by atoms with Crippen molar-refractivity contribution in [1.82, 2.24) is 14.5 Å². The summed E-state index contributed by atoms with van der Waals surface area (Å²) in [6.07, 6.45) is 4.27. The normalized spacial score (nSPS) is 17.0. The summed E-state index contributed by atoms with van der Waals surface area (Å²) >= 11 is 9.05.